The lowest BCUT2D eigenvalue weighted by Gasteiger charge is -2.10. The molecule has 20 heavy (non-hydrogen) atoms. The molecule has 6 heteroatoms. The number of aryl methyl sites for hydroxylation is 1. The SMILES string of the molecule is Cc1ccc(Br)cc1S(=O)(=O)NCc1cccc(Cl)c1. The van der Waals surface area contributed by atoms with Crippen LogP contribution in [0.2, 0.25) is 5.02 Å². The molecule has 1 N–H and O–H groups in total. The van der Waals surface area contributed by atoms with Gasteiger partial charge in [-0.3, -0.25) is 0 Å². The first-order valence-corrected chi connectivity index (χ1v) is 8.54. The van der Waals surface area contributed by atoms with Crippen molar-refractivity contribution in [2.24, 2.45) is 0 Å². The van der Waals surface area contributed by atoms with Crippen molar-refractivity contribution in [1.29, 1.82) is 0 Å². The summed E-state index contributed by atoms with van der Waals surface area (Å²) in [5, 5.41) is 0.584. The highest BCUT2D eigenvalue weighted by Gasteiger charge is 2.16. The Morgan fingerprint density at radius 2 is 1.95 bits per heavy atom. The van der Waals surface area contributed by atoms with Crippen molar-refractivity contribution in [3.05, 3.63) is 63.1 Å². The first-order valence-electron chi connectivity index (χ1n) is 5.89. The predicted molar refractivity (Wildman–Crippen MR) is 84.4 cm³/mol. The van der Waals surface area contributed by atoms with Gasteiger partial charge >= 0.3 is 0 Å². The minimum atomic E-state index is -3.55. The highest BCUT2D eigenvalue weighted by atomic mass is 79.9. The van der Waals surface area contributed by atoms with E-state index in [1.165, 1.54) is 0 Å². The fourth-order valence-electron chi connectivity index (χ4n) is 1.77. The Hall–Kier alpha value is -0.880. The Morgan fingerprint density at radius 1 is 1.20 bits per heavy atom. The summed E-state index contributed by atoms with van der Waals surface area (Å²) in [7, 11) is -3.55. The van der Waals surface area contributed by atoms with Crippen LogP contribution in [0.15, 0.2) is 51.8 Å². The van der Waals surface area contributed by atoms with Gasteiger partial charge in [0.2, 0.25) is 10.0 Å². The van der Waals surface area contributed by atoms with Gasteiger partial charge in [0, 0.05) is 16.0 Å². The highest BCUT2D eigenvalue weighted by molar-refractivity contribution is 9.10. The summed E-state index contributed by atoms with van der Waals surface area (Å²) in [5.41, 5.74) is 1.51. The normalized spacial score (nSPS) is 11.6. The standard InChI is InChI=1S/C14H13BrClNO2S/c1-10-5-6-12(15)8-14(10)20(18,19)17-9-11-3-2-4-13(16)7-11/h2-8,17H,9H2,1H3. The van der Waals surface area contributed by atoms with Gasteiger partial charge in [0.05, 0.1) is 4.90 Å². The fraction of sp³-hybridized carbons (Fsp3) is 0.143. The second-order valence-electron chi connectivity index (χ2n) is 4.36. The quantitative estimate of drug-likeness (QED) is 0.882. The third kappa shape index (κ3) is 3.82. The molecule has 2 aromatic rings. The second kappa shape index (κ2) is 6.26. The average Bonchev–Trinajstić information content (AvgIpc) is 2.39. The number of rotatable bonds is 4. The van der Waals surface area contributed by atoms with E-state index in [1.54, 1.807) is 37.3 Å². The smallest absolute Gasteiger partial charge is 0.207 e. The van der Waals surface area contributed by atoms with Gasteiger partial charge in [-0.2, -0.15) is 0 Å². The minimum Gasteiger partial charge on any atom is -0.207 e. The van der Waals surface area contributed by atoms with E-state index in [1.807, 2.05) is 12.1 Å². The van der Waals surface area contributed by atoms with Crippen LogP contribution < -0.4 is 4.72 Å². The fourth-order valence-corrected chi connectivity index (χ4v) is 3.78. The summed E-state index contributed by atoms with van der Waals surface area (Å²) in [6.07, 6.45) is 0. The molecule has 2 rings (SSSR count). The summed E-state index contributed by atoms with van der Waals surface area (Å²) >= 11 is 9.16. The van der Waals surface area contributed by atoms with Crippen molar-refractivity contribution < 1.29 is 8.42 Å². The van der Waals surface area contributed by atoms with E-state index in [9.17, 15) is 8.42 Å². The number of nitrogens with one attached hydrogen (secondary N) is 1. The van der Waals surface area contributed by atoms with Crippen molar-refractivity contribution in [3.63, 3.8) is 0 Å². The molecule has 0 heterocycles. The van der Waals surface area contributed by atoms with E-state index in [2.05, 4.69) is 20.7 Å². The Bertz CT molecular complexity index is 732. The van der Waals surface area contributed by atoms with Crippen LogP contribution in [0.4, 0.5) is 0 Å². The minimum absolute atomic E-state index is 0.203. The highest BCUT2D eigenvalue weighted by Crippen LogP contribution is 2.21. The molecule has 0 aliphatic carbocycles. The maximum absolute atomic E-state index is 12.3. The molecule has 0 unspecified atom stereocenters. The van der Waals surface area contributed by atoms with Gasteiger partial charge in [0.25, 0.3) is 0 Å². The molecule has 0 spiro atoms. The molecule has 106 valence electrons. The lowest BCUT2D eigenvalue weighted by molar-refractivity contribution is 0.580. The summed E-state index contributed by atoms with van der Waals surface area (Å²) in [5.74, 6) is 0. The van der Waals surface area contributed by atoms with Gasteiger partial charge in [-0.05, 0) is 42.3 Å². The van der Waals surface area contributed by atoms with Gasteiger partial charge < -0.3 is 0 Å². The molecule has 0 saturated carbocycles. The predicted octanol–water partition coefficient (Wildman–Crippen LogP) is 3.89. The van der Waals surface area contributed by atoms with Crippen molar-refractivity contribution in [2.45, 2.75) is 18.4 Å². The van der Waals surface area contributed by atoms with Gasteiger partial charge in [0.15, 0.2) is 0 Å². The third-order valence-corrected chi connectivity index (χ3v) is 5.07. The molecule has 0 aliphatic rings. The Balaban J connectivity index is 2.21. The summed E-state index contributed by atoms with van der Waals surface area (Å²) in [6, 6.07) is 12.3. The second-order valence-corrected chi connectivity index (χ2v) is 7.45. The number of benzene rings is 2. The molecule has 0 fully saturated rings. The first-order chi connectivity index (χ1) is 9.38. The van der Waals surface area contributed by atoms with Crippen LogP contribution in [0.3, 0.4) is 0 Å². The third-order valence-electron chi connectivity index (χ3n) is 2.80. The van der Waals surface area contributed by atoms with Crippen molar-refractivity contribution in [2.75, 3.05) is 0 Å². The molecular weight excluding hydrogens is 362 g/mol. The maximum Gasteiger partial charge on any atom is 0.241 e. The number of sulfonamides is 1. The lowest BCUT2D eigenvalue weighted by Crippen LogP contribution is -2.24. The average molecular weight is 375 g/mol. The van der Waals surface area contributed by atoms with Gasteiger partial charge in [-0.1, -0.05) is 45.7 Å². The number of halogens is 2. The number of hydrogen-bond acceptors (Lipinski definition) is 2. The zero-order chi connectivity index (χ0) is 14.8. The molecule has 3 nitrogen and oxygen atoms in total. The van der Waals surface area contributed by atoms with E-state index in [0.717, 1.165) is 10.0 Å². The van der Waals surface area contributed by atoms with Crippen LogP contribution in [0.25, 0.3) is 0 Å². The zero-order valence-corrected chi connectivity index (χ0v) is 13.9. The van der Waals surface area contributed by atoms with Crippen LogP contribution in [0.5, 0.6) is 0 Å². The van der Waals surface area contributed by atoms with Gasteiger partial charge in [-0.25, -0.2) is 13.1 Å². The van der Waals surface area contributed by atoms with Crippen LogP contribution in [-0.2, 0) is 16.6 Å². The molecule has 0 atom stereocenters. The Labute approximate surface area is 132 Å². The summed E-state index contributed by atoms with van der Waals surface area (Å²) in [6.45, 7) is 1.97. The zero-order valence-electron chi connectivity index (χ0n) is 10.7. The molecule has 0 bridgehead atoms. The molecular formula is C14H13BrClNO2S. The van der Waals surface area contributed by atoms with Crippen molar-refractivity contribution in [1.82, 2.24) is 4.72 Å². The maximum atomic E-state index is 12.3. The molecule has 0 amide bonds. The van der Waals surface area contributed by atoms with E-state index < -0.39 is 10.0 Å². The molecule has 0 radical (unpaired) electrons. The molecule has 0 saturated heterocycles. The molecule has 0 aliphatic heterocycles. The van der Waals surface area contributed by atoms with Gasteiger partial charge in [0.1, 0.15) is 0 Å². The van der Waals surface area contributed by atoms with Crippen molar-refractivity contribution in [3.8, 4) is 0 Å². The van der Waals surface area contributed by atoms with Gasteiger partial charge in [-0.15, -0.1) is 0 Å². The van der Waals surface area contributed by atoms with Crippen LogP contribution in [0.1, 0.15) is 11.1 Å². The Kier molecular flexibility index (Phi) is 4.86. The van der Waals surface area contributed by atoms with E-state index in [0.29, 0.717) is 10.6 Å². The van der Waals surface area contributed by atoms with E-state index in [4.69, 9.17) is 11.6 Å². The van der Waals surface area contributed by atoms with Crippen molar-refractivity contribution >= 4 is 37.6 Å². The van der Waals surface area contributed by atoms with E-state index >= 15 is 0 Å². The number of hydrogen-bond donors (Lipinski definition) is 1. The summed E-state index contributed by atoms with van der Waals surface area (Å²) < 4.78 is 27.9. The topological polar surface area (TPSA) is 46.2 Å². The summed E-state index contributed by atoms with van der Waals surface area (Å²) in [4.78, 5) is 0.272. The van der Waals surface area contributed by atoms with Crippen LogP contribution in [0, 0.1) is 6.92 Å². The largest absolute Gasteiger partial charge is 0.241 e. The molecule has 2 aromatic carbocycles. The van der Waals surface area contributed by atoms with Crippen LogP contribution in [-0.4, -0.2) is 8.42 Å². The first kappa shape index (κ1) is 15.5. The Morgan fingerprint density at radius 3 is 2.65 bits per heavy atom. The van der Waals surface area contributed by atoms with E-state index in [-0.39, 0.29) is 11.4 Å². The monoisotopic (exact) mass is 373 g/mol. The lowest BCUT2D eigenvalue weighted by atomic mass is 10.2. The molecule has 0 aromatic heterocycles. The van der Waals surface area contributed by atoms with Crippen LogP contribution >= 0.6 is 27.5 Å².